The lowest BCUT2D eigenvalue weighted by atomic mass is 9.80. The van der Waals surface area contributed by atoms with Crippen molar-refractivity contribution in [3.05, 3.63) is 425 Å². The van der Waals surface area contributed by atoms with Gasteiger partial charge in [-0.25, -0.2) is 0 Å². The molecule has 0 spiro atoms. The molecule has 0 radical (unpaired) electrons. The molecular formula is C120H70O3. The van der Waals surface area contributed by atoms with Crippen LogP contribution in [-0.2, 0) is 0 Å². The summed E-state index contributed by atoms with van der Waals surface area (Å²) >= 11 is 0. The van der Waals surface area contributed by atoms with Crippen LogP contribution in [0.5, 0.6) is 0 Å². The van der Waals surface area contributed by atoms with Crippen molar-refractivity contribution in [1.82, 2.24) is 0 Å². The number of benzene rings is 23. The molecule has 0 amide bonds. The number of para-hydroxylation sites is 3. The minimum absolute atomic E-state index is 0.837. The maximum absolute atomic E-state index is 7.50. The van der Waals surface area contributed by atoms with Crippen LogP contribution in [0.15, 0.2) is 438 Å². The van der Waals surface area contributed by atoms with Crippen LogP contribution in [0.2, 0.25) is 0 Å². The molecule has 568 valence electrons. The van der Waals surface area contributed by atoms with Crippen molar-refractivity contribution in [1.29, 1.82) is 0 Å². The number of fused-ring (bicyclic) bond motifs is 18. The third-order valence-corrected chi connectivity index (χ3v) is 26.4. The molecule has 26 rings (SSSR count). The molecule has 0 aliphatic heterocycles. The lowest BCUT2D eigenvalue weighted by molar-refractivity contribution is 0.669. The summed E-state index contributed by atoms with van der Waals surface area (Å²) in [5, 5.41) is 27.5. The van der Waals surface area contributed by atoms with Crippen molar-refractivity contribution < 1.29 is 13.3 Å². The van der Waals surface area contributed by atoms with E-state index in [2.05, 4.69) is 425 Å². The van der Waals surface area contributed by atoms with Crippen LogP contribution in [0.3, 0.4) is 0 Å². The normalized spacial score (nSPS) is 12.1. The van der Waals surface area contributed by atoms with Crippen molar-refractivity contribution in [3.8, 4) is 111 Å². The Hall–Kier alpha value is -16.2. The molecule has 3 nitrogen and oxygen atoms in total. The Kier molecular flexibility index (Phi) is 15.2. The monoisotopic (exact) mass is 1560 g/mol. The fourth-order valence-corrected chi connectivity index (χ4v) is 21.4. The molecule has 23 aromatic carbocycles. The average Bonchev–Trinajstić information content (AvgIpc) is 1.69. The van der Waals surface area contributed by atoms with Crippen LogP contribution >= 0.6 is 0 Å². The molecule has 3 heterocycles. The highest BCUT2D eigenvalue weighted by atomic mass is 16.3. The van der Waals surface area contributed by atoms with Gasteiger partial charge in [-0.15, -0.1) is 0 Å². The van der Waals surface area contributed by atoms with Gasteiger partial charge < -0.3 is 13.3 Å². The largest absolute Gasteiger partial charge is 0.456 e. The van der Waals surface area contributed by atoms with E-state index in [1.165, 1.54) is 98.5 Å². The first-order valence-corrected chi connectivity index (χ1v) is 42.4. The molecule has 3 heteroatoms. The molecular weight excluding hydrogens is 1490 g/mol. The van der Waals surface area contributed by atoms with E-state index in [0.29, 0.717) is 0 Å². The van der Waals surface area contributed by atoms with Crippen molar-refractivity contribution >= 4 is 163 Å². The van der Waals surface area contributed by atoms with E-state index in [4.69, 9.17) is 13.3 Å². The van der Waals surface area contributed by atoms with Gasteiger partial charge in [-0.2, -0.15) is 0 Å². The molecule has 3 aromatic heterocycles. The first kappa shape index (κ1) is 68.8. The zero-order valence-corrected chi connectivity index (χ0v) is 66.6. The Bertz CT molecular complexity index is 8820. The van der Waals surface area contributed by atoms with Crippen LogP contribution in [0.1, 0.15) is 0 Å². The number of furan rings is 3. The first-order chi connectivity index (χ1) is 61.1. The van der Waals surface area contributed by atoms with Crippen molar-refractivity contribution in [2.45, 2.75) is 0 Å². The van der Waals surface area contributed by atoms with E-state index in [9.17, 15) is 0 Å². The predicted molar refractivity (Wildman–Crippen MR) is 520 cm³/mol. The molecule has 0 saturated carbocycles. The maximum Gasteiger partial charge on any atom is 0.144 e. The Labute approximate surface area is 707 Å². The highest BCUT2D eigenvalue weighted by Crippen LogP contribution is 2.58. The topological polar surface area (TPSA) is 39.4 Å². The van der Waals surface area contributed by atoms with Crippen LogP contribution in [-0.4, -0.2) is 0 Å². The molecule has 0 bridgehead atoms. The van der Waals surface area contributed by atoms with Crippen molar-refractivity contribution in [2.24, 2.45) is 0 Å². The number of rotatable bonds is 10. The third kappa shape index (κ3) is 10.3. The van der Waals surface area contributed by atoms with Gasteiger partial charge in [0.15, 0.2) is 0 Å². The molecule has 0 aliphatic rings. The number of hydrogen-bond donors (Lipinski definition) is 0. The summed E-state index contributed by atoms with van der Waals surface area (Å²) in [6.45, 7) is 0. The standard InChI is InChI=1S/C120H70O3/c1-3-32-71(33-4-1)75-37-31-38-77(68-75)106-82-42-11-19-50-90(82)111(91-51-20-12-43-83(91)106)116-95-55-24-14-45-85(95)108(120-118(116)99-58-27-30-61-103(99)123-120)78-66-67-96(100(69-78)72-34-5-2-6-35-72)109-86-46-15-21-52-92(86)112(93-53-22-16-47-87(93)109)115-94-54-23-13-44-84(94)107(119-117(115)98-57-26-29-60-102(98)122-119)74-64-62-73(63-65-74)105-80-40-9-17-48-88(80)110(89-49-18-10-41-81(89)105)114-79-39-8-7-36-76(79)70-104-113(114)97-56-25-28-59-101(97)121-104/h1-70H. The molecule has 0 unspecified atom stereocenters. The Morgan fingerprint density at radius 1 is 0.122 bits per heavy atom. The van der Waals surface area contributed by atoms with Gasteiger partial charge in [0.2, 0.25) is 0 Å². The quantitative estimate of drug-likeness (QED) is 0.128. The molecule has 26 aromatic rings. The van der Waals surface area contributed by atoms with Gasteiger partial charge in [0.05, 0.1) is 0 Å². The summed E-state index contributed by atoms with van der Waals surface area (Å²) in [7, 11) is 0. The first-order valence-electron chi connectivity index (χ1n) is 42.4. The van der Waals surface area contributed by atoms with Gasteiger partial charge in [0.1, 0.15) is 33.5 Å². The Morgan fingerprint density at radius 2 is 0.407 bits per heavy atom. The van der Waals surface area contributed by atoms with Gasteiger partial charge in [-0.1, -0.05) is 388 Å². The fourth-order valence-electron chi connectivity index (χ4n) is 21.4. The second kappa shape index (κ2) is 27.2. The van der Waals surface area contributed by atoms with Crippen LogP contribution < -0.4 is 0 Å². The van der Waals surface area contributed by atoms with Crippen LogP contribution in [0.25, 0.3) is 274 Å². The number of hydrogen-bond acceptors (Lipinski definition) is 3. The molecule has 0 atom stereocenters. The summed E-state index contributed by atoms with van der Waals surface area (Å²) in [5.41, 5.74) is 28.1. The van der Waals surface area contributed by atoms with Crippen LogP contribution in [0, 0.1) is 0 Å². The zero-order valence-electron chi connectivity index (χ0n) is 66.6. The van der Waals surface area contributed by atoms with E-state index in [-0.39, 0.29) is 0 Å². The summed E-state index contributed by atoms with van der Waals surface area (Å²) in [6, 6.07) is 157. The fraction of sp³-hybridized carbons (Fsp3) is 0. The van der Waals surface area contributed by atoms with Crippen LogP contribution in [0.4, 0.5) is 0 Å². The van der Waals surface area contributed by atoms with E-state index in [0.717, 1.165) is 175 Å². The average molecular weight is 1560 g/mol. The summed E-state index contributed by atoms with van der Waals surface area (Å²) in [5.74, 6) is 0. The van der Waals surface area contributed by atoms with E-state index < -0.39 is 0 Å². The van der Waals surface area contributed by atoms with E-state index in [1.807, 2.05) is 0 Å². The Balaban J connectivity index is 0.662. The van der Waals surface area contributed by atoms with Gasteiger partial charge in [0, 0.05) is 60.1 Å². The lowest BCUT2D eigenvalue weighted by Gasteiger charge is -2.23. The third-order valence-electron chi connectivity index (χ3n) is 26.4. The summed E-state index contributed by atoms with van der Waals surface area (Å²) in [4.78, 5) is 0. The Morgan fingerprint density at radius 3 is 0.854 bits per heavy atom. The van der Waals surface area contributed by atoms with Crippen molar-refractivity contribution in [2.75, 3.05) is 0 Å². The second-order valence-electron chi connectivity index (χ2n) is 32.8. The van der Waals surface area contributed by atoms with Gasteiger partial charge in [0.25, 0.3) is 0 Å². The molecule has 0 saturated heterocycles. The molecule has 0 aliphatic carbocycles. The highest BCUT2D eigenvalue weighted by Gasteiger charge is 2.32. The lowest BCUT2D eigenvalue weighted by Crippen LogP contribution is -1.96. The van der Waals surface area contributed by atoms with Crippen molar-refractivity contribution in [3.63, 3.8) is 0 Å². The highest BCUT2D eigenvalue weighted by molar-refractivity contribution is 6.37. The van der Waals surface area contributed by atoms with Gasteiger partial charge in [-0.3, -0.25) is 0 Å². The SMILES string of the molecule is c1ccc(-c2cccc(-c3c4ccccc4c(-c4c5ccccc5c(-c5ccc(-c6c7ccccc7c(-c7c8ccccc8c(-c8ccc(-c9c%10ccccc%10c(-c%10c%11ccccc%11cc%11oc%12ccccc%12c%10%11)c%10ccccc9%10)cc8)c8oc9ccccc9c78)c7ccccc67)c(-c6ccccc6)c5)c5oc6ccccc6c45)c4ccccc34)c2)cc1. The minimum Gasteiger partial charge on any atom is -0.456 e. The summed E-state index contributed by atoms with van der Waals surface area (Å²) < 4.78 is 21.7. The zero-order chi connectivity index (χ0) is 80.5. The van der Waals surface area contributed by atoms with E-state index >= 15 is 0 Å². The maximum atomic E-state index is 7.50. The second-order valence-corrected chi connectivity index (χ2v) is 32.8. The molecule has 0 fully saturated rings. The summed E-state index contributed by atoms with van der Waals surface area (Å²) in [6.07, 6.45) is 0. The predicted octanol–water partition coefficient (Wildman–Crippen LogP) is 34.4. The smallest absolute Gasteiger partial charge is 0.144 e. The van der Waals surface area contributed by atoms with Gasteiger partial charge >= 0.3 is 0 Å². The van der Waals surface area contributed by atoms with Gasteiger partial charge in [-0.05, 0) is 217 Å². The molecule has 123 heavy (non-hydrogen) atoms. The van der Waals surface area contributed by atoms with E-state index in [1.54, 1.807) is 0 Å². The molecule has 0 N–H and O–H groups in total. The minimum atomic E-state index is 0.837.